The molecule has 6 heteroatoms. The Balaban J connectivity index is 2.96. The van der Waals surface area contributed by atoms with Crippen molar-refractivity contribution >= 4 is 0 Å². The van der Waals surface area contributed by atoms with E-state index in [1.807, 2.05) is 27.7 Å². The normalized spacial score (nSPS) is 12.3. The fourth-order valence-electron chi connectivity index (χ4n) is 1.26. The lowest BCUT2D eigenvalue weighted by Gasteiger charge is -2.13. The molecule has 0 bridgehead atoms. The Morgan fingerprint density at radius 2 is 1.50 bits per heavy atom. The molecule has 1 rings (SSSR count). The molecular formula is C12H17F3N2O. The maximum atomic E-state index is 12.1. The van der Waals surface area contributed by atoms with Crippen molar-refractivity contribution in [2.24, 2.45) is 0 Å². The van der Waals surface area contributed by atoms with Crippen LogP contribution in [0.5, 0.6) is 6.01 Å². The van der Waals surface area contributed by atoms with Gasteiger partial charge in [0.2, 0.25) is 0 Å². The standard InChI is InChI=1S/C12H17F3N2O/c1-7(2)9-5-10(8(3)4)17-11(16-9)18-6-12(13,14)15/h5,7-8H,6H2,1-4H3. The topological polar surface area (TPSA) is 35.0 Å². The Labute approximate surface area is 104 Å². The highest BCUT2D eigenvalue weighted by atomic mass is 19.4. The van der Waals surface area contributed by atoms with Gasteiger partial charge in [-0.05, 0) is 17.9 Å². The van der Waals surface area contributed by atoms with Gasteiger partial charge >= 0.3 is 12.2 Å². The van der Waals surface area contributed by atoms with Crippen molar-refractivity contribution in [3.05, 3.63) is 17.5 Å². The van der Waals surface area contributed by atoms with Crippen molar-refractivity contribution < 1.29 is 17.9 Å². The molecule has 0 saturated heterocycles. The van der Waals surface area contributed by atoms with Gasteiger partial charge in [-0.1, -0.05) is 27.7 Å². The molecule has 0 amide bonds. The molecule has 0 aliphatic heterocycles. The van der Waals surface area contributed by atoms with E-state index in [9.17, 15) is 13.2 Å². The van der Waals surface area contributed by atoms with E-state index in [0.717, 1.165) is 0 Å². The molecule has 0 aliphatic carbocycles. The number of nitrogens with zero attached hydrogens (tertiary/aromatic N) is 2. The Kier molecular flexibility index (Phi) is 4.53. The van der Waals surface area contributed by atoms with E-state index in [1.165, 1.54) is 0 Å². The number of hydrogen-bond acceptors (Lipinski definition) is 3. The van der Waals surface area contributed by atoms with Gasteiger partial charge < -0.3 is 4.74 Å². The van der Waals surface area contributed by atoms with Crippen molar-refractivity contribution in [2.45, 2.75) is 45.7 Å². The molecule has 0 aliphatic rings. The summed E-state index contributed by atoms with van der Waals surface area (Å²) in [5, 5.41) is 0. The molecule has 0 N–H and O–H groups in total. The average Bonchev–Trinajstić information content (AvgIpc) is 2.25. The Hall–Kier alpha value is -1.33. The van der Waals surface area contributed by atoms with Crippen LogP contribution in [0.3, 0.4) is 0 Å². The van der Waals surface area contributed by atoms with E-state index < -0.39 is 12.8 Å². The molecule has 3 nitrogen and oxygen atoms in total. The Morgan fingerprint density at radius 1 is 1.06 bits per heavy atom. The summed E-state index contributed by atoms with van der Waals surface area (Å²) in [4.78, 5) is 7.97. The highest BCUT2D eigenvalue weighted by Gasteiger charge is 2.29. The largest absolute Gasteiger partial charge is 0.454 e. The first kappa shape index (κ1) is 14.7. The zero-order valence-electron chi connectivity index (χ0n) is 10.9. The van der Waals surface area contributed by atoms with Gasteiger partial charge in [0.15, 0.2) is 6.61 Å². The number of alkyl halides is 3. The summed E-state index contributed by atoms with van der Waals surface area (Å²) in [6, 6.07) is 1.60. The third-order valence-electron chi connectivity index (χ3n) is 2.29. The number of rotatable bonds is 4. The predicted octanol–water partition coefficient (Wildman–Crippen LogP) is 3.66. The lowest BCUT2D eigenvalue weighted by Crippen LogP contribution is -2.20. The summed E-state index contributed by atoms with van der Waals surface area (Å²) < 4.78 is 40.8. The summed E-state index contributed by atoms with van der Waals surface area (Å²) in [5.74, 6) is 0.220. The van der Waals surface area contributed by atoms with Crippen LogP contribution in [0.2, 0.25) is 0 Å². The van der Waals surface area contributed by atoms with Gasteiger partial charge in [-0.15, -0.1) is 0 Å². The monoisotopic (exact) mass is 262 g/mol. The number of aromatic nitrogens is 2. The van der Waals surface area contributed by atoms with Crippen LogP contribution in [0.4, 0.5) is 13.2 Å². The van der Waals surface area contributed by atoms with Crippen LogP contribution in [-0.2, 0) is 0 Å². The SMILES string of the molecule is CC(C)c1cc(C(C)C)nc(OCC(F)(F)F)n1. The third kappa shape index (κ3) is 4.50. The fraction of sp³-hybridized carbons (Fsp3) is 0.667. The molecule has 0 unspecified atom stereocenters. The van der Waals surface area contributed by atoms with E-state index >= 15 is 0 Å². The maximum Gasteiger partial charge on any atom is 0.422 e. The average molecular weight is 262 g/mol. The number of halogens is 3. The summed E-state index contributed by atoms with van der Waals surface area (Å²) in [7, 11) is 0. The van der Waals surface area contributed by atoms with Gasteiger partial charge in [0.1, 0.15) is 0 Å². The van der Waals surface area contributed by atoms with Crippen LogP contribution in [0, 0.1) is 0 Å². The van der Waals surface area contributed by atoms with Crippen LogP contribution in [0.1, 0.15) is 50.9 Å². The van der Waals surface area contributed by atoms with Crippen LogP contribution in [-0.4, -0.2) is 22.8 Å². The molecule has 0 atom stereocenters. The van der Waals surface area contributed by atoms with Gasteiger partial charge in [-0.3, -0.25) is 0 Å². The summed E-state index contributed by atoms with van der Waals surface area (Å²) >= 11 is 0. The van der Waals surface area contributed by atoms with E-state index in [-0.39, 0.29) is 17.8 Å². The second kappa shape index (κ2) is 5.54. The van der Waals surface area contributed by atoms with E-state index in [4.69, 9.17) is 0 Å². The number of hydrogen-bond donors (Lipinski definition) is 0. The lowest BCUT2D eigenvalue weighted by molar-refractivity contribution is -0.154. The Morgan fingerprint density at radius 3 is 1.83 bits per heavy atom. The first-order valence-electron chi connectivity index (χ1n) is 5.77. The van der Waals surface area contributed by atoms with Crippen molar-refractivity contribution in [2.75, 3.05) is 6.61 Å². The molecule has 1 aromatic heterocycles. The smallest absolute Gasteiger partial charge is 0.422 e. The van der Waals surface area contributed by atoms with Crippen molar-refractivity contribution in [3.8, 4) is 6.01 Å². The van der Waals surface area contributed by atoms with Crippen molar-refractivity contribution in [3.63, 3.8) is 0 Å². The van der Waals surface area contributed by atoms with Gasteiger partial charge in [0, 0.05) is 0 Å². The van der Waals surface area contributed by atoms with Crippen LogP contribution in [0.25, 0.3) is 0 Å². The highest BCUT2D eigenvalue weighted by Crippen LogP contribution is 2.22. The molecule has 0 radical (unpaired) electrons. The summed E-state index contributed by atoms with van der Waals surface area (Å²) in [6.07, 6.45) is -4.38. The minimum atomic E-state index is -4.38. The zero-order valence-corrected chi connectivity index (χ0v) is 10.9. The molecule has 102 valence electrons. The molecule has 0 fully saturated rings. The van der Waals surface area contributed by atoms with E-state index in [0.29, 0.717) is 11.4 Å². The van der Waals surface area contributed by atoms with Gasteiger partial charge in [-0.25, -0.2) is 0 Å². The zero-order chi connectivity index (χ0) is 13.9. The van der Waals surface area contributed by atoms with Crippen molar-refractivity contribution in [1.29, 1.82) is 0 Å². The molecule has 0 aromatic carbocycles. The molecule has 0 saturated carbocycles. The first-order chi connectivity index (χ1) is 8.19. The molecule has 1 heterocycles. The van der Waals surface area contributed by atoms with Crippen molar-refractivity contribution in [1.82, 2.24) is 9.97 Å². The Bertz CT molecular complexity index is 377. The quantitative estimate of drug-likeness (QED) is 0.830. The lowest BCUT2D eigenvalue weighted by atomic mass is 10.1. The van der Waals surface area contributed by atoms with Gasteiger partial charge in [0.25, 0.3) is 0 Å². The molecular weight excluding hydrogens is 245 g/mol. The van der Waals surface area contributed by atoms with E-state index in [1.54, 1.807) is 6.07 Å². The number of ether oxygens (including phenoxy) is 1. The summed E-state index contributed by atoms with van der Waals surface area (Å²) in [5.41, 5.74) is 1.37. The second-order valence-electron chi connectivity index (χ2n) is 4.71. The van der Waals surface area contributed by atoms with Crippen LogP contribution in [0.15, 0.2) is 6.07 Å². The predicted molar refractivity (Wildman–Crippen MR) is 61.8 cm³/mol. The van der Waals surface area contributed by atoms with E-state index in [2.05, 4.69) is 14.7 Å². The minimum absolute atomic E-state index is 0.110. The molecule has 1 aromatic rings. The van der Waals surface area contributed by atoms with Crippen LogP contribution >= 0.6 is 0 Å². The summed E-state index contributed by atoms with van der Waals surface area (Å²) in [6.45, 7) is 6.30. The molecule has 18 heavy (non-hydrogen) atoms. The molecule has 0 spiro atoms. The second-order valence-corrected chi connectivity index (χ2v) is 4.71. The van der Waals surface area contributed by atoms with Gasteiger partial charge in [0.05, 0.1) is 11.4 Å². The highest BCUT2D eigenvalue weighted by molar-refractivity contribution is 5.18. The van der Waals surface area contributed by atoms with Crippen LogP contribution < -0.4 is 4.74 Å². The van der Waals surface area contributed by atoms with Gasteiger partial charge in [-0.2, -0.15) is 23.1 Å². The third-order valence-corrected chi connectivity index (χ3v) is 2.29. The minimum Gasteiger partial charge on any atom is -0.454 e. The first-order valence-corrected chi connectivity index (χ1v) is 5.77. The maximum absolute atomic E-state index is 12.1. The fourth-order valence-corrected chi connectivity index (χ4v) is 1.26.